The summed E-state index contributed by atoms with van der Waals surface area (Å²) in [6.45, 7) is 0. The highest BCUT2D eigenvalue weighted by atomic mass is 79.9. The van der Waals surface area contributed by atoms with Gasteiger partial charge in [-0.05, 0) is 46.3 Å². The van der Waals surface area contributed by atoms with Gasteiger partial charge in [0, 0.05) is 5.39 Å². The van der Waals surface area contributed by atoms with Gasteiger partial charge in [-0.1, -0.05) is 12.1 Å². The van der Waals surface area contributed by atoms with Crippen LogP contribution in [0.25, 0.3) is 10.9 Å². The van der Waals surface area contributed by atoms with Crippen molar-refractivity contribution in [3.8, 4) is 17.2 Å². The second kappa shape index (κ2) is 5.46. The van der Waals surface area contributed by atoms with Crippen molar-refractivity contribution in [2.24, 2.45) is 0 Å². The van der Waals surface area contributed by atoms with Crippen molar-refractivity contribution < 1.29 is 9.47 Å². The topological polar surface area (TPSA) is 44.2 Å². The number of halogens is 1. The molecule has 0 fully saturated rings. The number of ether oxygens (including phenoxy) is 2. The van der Waals surface area contributed by atoms with Crippen LogP contribution in [0.5, 0.6) is 17.2 Å². The SMILES string of the molecule is COc1ccc(Oc2cnnc3ccccc23)c(Br)c1. The Morgan fingerprint density at radius 2 is 1.90 bits per heavy atom. The number of rotatable bonds is 3. The Balaban J connectivity index is 2.01. The summed E-state index contributed by atoms with van der Waals surface area (Å²) in [5, 5.41) is 8.95. The highest BCUT2D eigenvalue weighted by molar-refractivity contribution is 9.10. The number of methoxy groups -OCH3 is 1. The molecule has 0 saturated heterocycles. The quantitative estimate of drug-likeness (QED) is 0.722. The van der Waals surface area contributed by atoms with Crippen molar-refractivity contribution in [3.05, 3.63) is 53.1 Å². The number of hydrogen-bond donors (Lipinski definition) is 0. The largest absolute Gasteiger partial charge is 0.497 e. The first kappa shape index (κ1) is 12.9. The van der Waals surface area contributed by atoms with Gasteiger partial charge in [-0.15, -0.1) is 0 Å². The van der Waals surface area contributed by atoms with E-state index in [2.05, 4.69) is 26.1 Å². The molecule has 20 heavy (non-hydrogen) atoms. The predicted octanol–water partition coefficient (Wildman–Crippen LogP) is 4.19. The molecule has 5 heteroatoms. The van der Waals surface area contributed by atoms with Gasteiger partial charge in [-0.25, -0.2) is 0 Å². The highest BCUT2D eigenvalue weighted by Crippen LogP contribution is 2.34. The van der Waals surface area contributed by atoms with E-state index in [1.165, 1.54) is 0 Å². The summed E-state index contributed by atoms with van der Waals surface area (Å²) in [4.78, 5) is 0. The number of aromatic nitrogens is 2. The van der Waals surface area contributed by atoms with Crippen LogP contribution in [0.15, 0.2) is 53.1 Å². The lowest BCUT2D eigenvalue weighted by Gasteiger charge is -2.10. The van der Waals surface area contributed by atoms with Gasteiger partial charge in [0.15, 0.2) is 5.75 Å². The molecule has 0 aliphatic heterocycles. The molecular weight excluding hydrogens is 320 g/mol. The summed E-state index contributed by atoms with van der Waals surface area (Å²) in [6.07, 6.45) is 1.61. The first-order chi connectivity index (χ1) is 9.78. The number of hydrogen-bond acceptors (Lipinski definition) is 4. The Hall–Kier alpha value is -2.14. The molecule has 3 rings (SSSR count). The zero-order valence-electron chi connectivity index (χ0n) is 10.7. The summed E-state index contributed by atoms with van der Waals surface area (Å²) in [5.41, 5.74) is 0.801. The molecule has 0 amide bonds. The first-order valence-corrected chi connectivity index (χ1v) is 6.79. The zero-order chi connectivity index (χ0) is 13.9. The Kier molecular flexibility index (Phi) is 3.52. The maximum absolute atomic E-state index is 5.92. The Morgan fingerprint density at radius 3 is 2.70 bits per heavy atom. The van der Waals surface area contributed by atoms with E-state index >= 15 is 0 Å². The zero-order valence-corrected chi connectivity index (χ0v) is 12.3. The van der Waals surface area contributed by atoms with Gasteiger partial charge in [-0.3, -0.25) is 0 Å². The summed E-state index contributed by atoms with van der Waals surface area (Å²) >= 11 is 3.47. The minimum atomic E-state index is 0.668. The van der Waals surface area contributed by atoms with E-state index in [1.807, 2.05) is 42.5 Å². The summed E-state index contributed by atoms with van der Waals surface area (Å²) in [7, 11) is 1.63. The van der Waals surface area contributed by atoms with Crippen LogP contribution in [0.2, 0.25) is 0 Å². The molecule has 0 spiro atoms. The van der Waals surface area contributed by atoms with E-state index in [9.17, 15) is 0 Å². The molecule has 0 radical (unpaired) electrons. The first-order valence-electron chi connectivity index (χ1n) is 6.00. The van der Waals surface area contributed by atoms with Crippen LogP contribution in [0.1, 0.15) is 0 Å². The molecule has 0 bridgehead atoms. The third-order valence-electron chi connectivity index (χ3n) is 2.87. The lowest BCUT2D eigenvalue weighted by Crippen LogP contribution is -1.91. The van der Waals surface area contributed by atoms with Crippen molar-refractivity contribution in [2.75, 3.05) is 7.11 Å². The molecule has 0 aliphatic carbocycles. The maximum Gasteiger partial charge on any atom is 0.157 e. The van der Waals surface area contributed by atoms with Crippen LogP contribution in [0.3, 0.4) is 0 Å². The molecule has 1 aromatic heterocycles. The van der Waals surface area contributed by atoms with Crippen molar-refractivity contribution in [1.82, 2.24) is 10.2 Å². The molecule has 0 unspecified atom stereocenters. The fourth-order valence-corrected chi connectivity index (χ4v) is 2.31. The highest BCUT2D eigenvalue weighted by Gasteiger charge is 2.08. The fourth-order valence-electron chi connectivity index (χ4n) is 1.87. The van der Waals surface area contributed by atoms with E-state index in [-0.39, 0.29) is 0 Å². The van der Waals surface area contributed by atoms with Gasteiger partial charge in [0.05, 0.1) is 23.3 Å². The second-order valence-corrected chi connectivity index (χ2v) is 4.98. The summed E-state index contributed by atoms with van der Waals surface area (Å²) in [6, 6.07) is 13.3. The molecule has 2 aromatic carbocycles. The summed E-state index contributed by atoms with van der Waals surface area (Å²) in [5.74, 6) is 2.13. The average molecular weight is 331 g/mol. The van der Waals surface area contributed by atoms with Gasteiger partial charge < -0.3 is 9.47 Å². The van der Waals surface area contributed by atoms with Gasteiger partial charge >= 0.3 is 0 Å². The van der Waals surface area contributed by atoms with E-state index in [0.717, 1.165) is 21.1 Å². The van der Waals surface area contributed by atoms with Gasteiger partial charge in [0.2, 0.25) is 0 Å². The molecule has 0 saturated carbocycles. The molecule has 1 heterocycles. The number of fused-ring (bicyclic) bond motifs is 1. The van der Waals surface area contributed by atoms with Crippen LogP contribution < -0.4 is 9.47 Å². The lowest BCUT2D eigenvalue weighted by molar-refractivity contribution is 0.412. The van der Waals surface area contributed by atoms with Gasteiger partial charge in [0.1, 0.15) is 11.5 Å². The van der Waals surface area contributed by atoms with E-state index in [0.29, 0.717) is 11.5 Å². The Labute approximate surface area is 124 Å². The van der Waals surface area contributed by atoms with Crippen LogP contribution in [0, 0.1) is 0 Å². The van der Waals surface area contributed by atoms with Crippen LogP contribution in [0.4, 0.5) is 0 Å². The molecular formula is C15H11BrN2O2. The van der Waals surface area contributed by atoms with Crippen molar-refractivity contribution in [1.29, 1.82) is 0 Å². The fraction of sp³-hybridized carbons (Fsp3) is 0.0667. The number of benzene rings is 2. The number of nitrogens with zero attached hydrogens (tertiary/aromatic N) is 2. The third-order valence-corrected chi connectivity index (χ3v) is 3.49. The Morgan fingerprint density at radius 1 is 1.05 bits per heavy atom. The third kappa shape index (κ3) is 2.44. The minimum absolute atomic E-state index is 0.668. The van der Waals surface area contributed by atoms with Crippen molar-refractivity contribution in [2.45, 2.75) is 0 Å². The van der Waals surface area contributed by atoms with E-state index in [1.54, 1.807) is 13.3 Å². The van der Waals surface area contributed by atoms with E-state index in [4.69, 9.17) is 9.47 Å². The molecule has 100 valence electrons. The normalized spacial score (nSPS) is 10.5. The van der Waals surface area contributed by atoms with Gasteiger partial charge in [0.25, 0.3) is 0 Å². The lowest BCUT2D eigenvalue weighted by atomic mass is 10.2. The molecule has 3 aromatic rings. The van der Waals surface area contributed by atoms with Crippen LogP contribution in [-0.2, 0) is 0 Å². The van der Waals surface area contributed by atoms with E-state index < -0.39 is 0 Å². The standard InChI is InChI=1S/C15H11BrN2O2/c1-19-10-6-7-14(12(16)8-10)20-15-9-17-18-13-5-3-2-4-11(13)15/h2-9H,1H3. The second-order valence-electron chi connectivity index (χ2n) is 4.12. The molecule has 0 atom stereocenters. The molecule has 0 N–H and O–H groups in total. The molecule has 0 aliphatic rings. The maximum atomic E-state index is 5.92. The minimum Gasteiger partial charge on any atom is -0.497 e. The predicted molar refractivity (Wildman–Crippen MR) is 80.3 cm³/mol. The smallest absolute Gasteiger partial charge is 0.157 e. The van der Waals surface area contributed by atoms with Crippen LogP contribution >= 0.6 is 15.9 Å². The average Bonchev–Trinajstić information content (AvgIpc) is 2.49. The molecule has 4 nitrogen and oxygen atoms in total. The van der Waals surface area contributed by atoms with Gasteiger partial charge in [-0.2, -0.15) is 10.2 Å². The van der Waals surface area contributed by atoms with Crippen molar-refractivity contribution >= 4 is 26.8 Å². The Bertz CT molecular complexity index is 756. The van der Waals surface area contributed by atoms with Crippen molar-refractivity contribution in [3.63, 3.8) is 0 Å². The monoisotopic (exact) mass is 330 g/mol. The summed E-state index contributed by atoms with van der Waals surface area (Å²) < 4.78 is 11.9. The van der Waals surface area contributed by atoms with Crippen LogP contribution in [-0.4, -0.2) is 17.3 Å².